The maximum atomic E-state index is 7.23. The van der Waals surface area contributed by atoms with E-state index < -0.39 is 0 Å². The molecule has 1 fully saturated rings. The van der Waals surface area contributed by atoms with Crippen LogP contribution in [0.5, 0.6) is 0 Å². The lowest BCUT2D eigenvalue weighted by molar-refractivity contribution is 0.119. The molecule has 0 radical (unpaired) electrons. The molecule has 136 valence electrons. The summed E-state index contributed by atoms with van der Waals surface area (Å²) < 4.78 is 7.18. The predicted molar refractivity (Wildman–Crippen MR) is 101 cm³/mol. The number of allylic oxidation sites excluding steroid dienone is 1. The van der Waals surface area contributed by atoms with Crippen LogP contribution in [0.1, 0.15) is 38.2 Å². The second kappa shape index (κ2) is 8.11. The standard InChI is InChI=1S/C19H24N6O/c1-13(26-3)8-16-18(22-12-23-19(16)20)15-9-24-25(11-15)17(10-21-2)14-6-4-5-7-14/h9-14H,4-8H2,1,3H3,(H2,20,22,23)/b17-10-. The molecule has 1 aliphatic carbocycles. The highest BCUT2D eigenvalue weighted by Gasteiger charge is 2.22. The van der Waals surface area contributed by atoms with Crippen LogP contribution in [0.4, 0.5) is 5.82 Å². The molecule has 26 heavy (non-hydrogen) atoms. The van der Waals surface area contributed by atoms with E-state index in [2.05, 4.69) is 19.9 Å². The second-order valence-corrected chi connectivity index (χ2v) is 6.67. The van der Waals surface area contributed by atoms with Gasteiger partial charge in [0, 0.05) is 36.6 Å². The highest BCUT2D eigenvalue weighted by molar-refractivity contribution is 5.67. The molecule has 1 aliphatic rings. The number of hydrogen-bond acceptors (Lipinski definition) is 5. The number of nitrogens with zero attached hydrogens (tertiary/aromatic N) is 5. The molecule has 0 aliphatic heterocycles. The van der Waals surface area contributed by atoms with Gasteiger partial charge in [0.2, 0.25) is 0 Å². The molecule has 2 aromatic rings. The van der Waals surface area contributed by atoms with Gasteiger partial charge in [-0.25, -0.2) is 14.8 Å². The molecule has 3 rings (SSSR count). The van der Waals surface area contributed by atoms with Crippen molar-refractivity contribution < 1.29 is 4.74 Å². The topological polar surface area (TPSA) is 83.2 Å². The summed E-state index contributed by atoms with van der Waals surface area (Å²) in [6.07, 6.45) is 12.0. The molecule has 0 saturated heterocycles. The molecule has 1 atom stereocenters. The van der Waals surface area contributed by atoms with Crippen molar-refractivity contribution in [3.63, 3.8) is 0 Å². The van der Waals surface area contributed by atoms with E-state index in [0.29, 0.717) is 18.2 Å². The van der Waals surface area contributed by atoms with E-state index in [0.717, 1.165) is 35.4 Å². The Kier molecular flexibility index (Phi) is 5.64. The maximum absolute atomic E-state index is 7.23. The van der Waals surface area contributed by atoms with Gasteiger partial charge in [0.05, 0.1) is 24.6 Å². The highest BCUT2D eigenvalue weighted by Crippen LogP contribution is 2.34. The van der Waals surface area contributed by atoms with Gasteiger partial charge in [-0.2, -0.15) is 5.10 Å². The monoisotopic (exact) mass is 352 g/mol. The summed E-state index contributed by atoms with van der Waals surface area (Å²) in [6.45, 7) is 9.22. The Morgan fingerprint density at radius 1 is 1.46 bits per heavy atom. The first-order valence-electron chi connectivity index (χ1n) is 8.88. The molecule has 0 spiro atoms. The minimum atomic E-state index is 0.00755. The van der Waals surface area contributed by atoms with Crippen molar-refractivity contribution in [2.24, 2.45) is 5.92 Å². The number of nitrogen functional groups attached to an aromatic ring is 1. The fraction of sp³-hybridized carbons (Fsp3) is 0.474. The van der Waals surface area contributed by atoms with Crippen molar-refractivity contribution in [1.29, 1.82) is 0 Å². The quantitative estimate of drug-likeness (QED) is 0.806. The van der Waals surface area contributed by atoms with Gasteiger partial charge in [0.15, 0.2) is 6.20 Å². The Morgan fingerprint density at radius 2 is 2.23 bits per heavy atom. The first kappa shape index (κ1) is 18.1. The lowest BCUT2D eigenvalue weighted by Crippen LogP contribution is -2.13. The van der Waals surface area contributed by atoms with Crippen molar-refractivity contribution in [2.45, 2.75) is 45.1 Å². The van der Waals surface area contributed by atoms with Crippen LogP contribution >= 0.6 is 0 Å². The van der Waals surface area contributed by atoms with Crippen molar-refractivity contribution in [1.82, 2.24) is 19.7 Å². The van der Waals surface area contributed by atoms with Crippen LogP contribution in [0.2, 0.25) is 0 Å². The zero-order chi connectivity index (χ0) is 18.5. The summed E-state index contributed by atoms with van der Waals surface area (Å²) in [5, 5.41) is 4.50. The van der Waals surface area contributed by atoms with Gasteiger partial charge in [-0.05, 0) is 25.7 Å². The molecule has 7 nitrogen and oxygen atoms in total. The third-order valence-electron chi connectivity index (χ3n) is 4.96. The van der Waals surface area contributed by atoms with Crippen LogP contribution in [-0.4, -0.2) is 33.0 Å². The molecule has 7 heteroatoms. The number of rotatable bonds is 6. The lowest BCUT2D eigenvalue weighted by atomic mass is 10.0. The summed E-state index contributed by atoms with van der Waals surface area (Å²) in [5.41, 5.74) is 9.54. The number of anilines is 1. The molecule has 1 unspecified atom stereocenters. The molecule has 2 aromatic heterocycles. The van der Waals surface area contributed by atoms with Crippen LogP contribution in [0.15, 0.2) is 24.9 Å². The minimum absolute atomic E-state index is 0.00755. The zero-order valence-corrected chi connectivity index (χ0v) is 15.2. The van der Waals surface area contributed by atoms with Crippen molar-refractivity contribution in [3.05, 3.63) is 41.9 Å². The predicted octanol–water partition coefficient (Wildman–Crippen LogP) is 3.41. The van der Waals surface area contributed by atoms with E-state index in [-0.39, 0.29) is 6.10 Å². The Bertz CT molecular complexity index is 829. The summed E-state index contributed by atoms with van der Waals surface area (Å²) in [6, 6.07) is 0. The largest absolute Gasteiger partial charge is 0.383 e. The van der Waals surface area contributed by atoms with Gasteiger partial charge >= 0.3 is 0 Å². The molecule has 2 N–H and O–H groups in total. The van der Waals surface area contributed by atoms with Crippen LogP contribution in [-0.2, 0) is 11.2 Å². The highest BCUT2D eigenvalue weighted by atomic mass is 16.5. The normalized spacial score (nSPS) is 16.6. The first-order valence-corrected chi connectivity index (χ1v) is 8.88. The van der Waals surface area contributed by atoms with Crippen molar-refractivity contribution in [3.8, 4) is 11.3 Å². The maximum Gasteiger partial charge on any atom is 0.175 e. The van der Waals surface area contributed by atoms with Gasteiger partial charge in [-0.1, -0.05) is 12.8 Å². The Labute approximate surface area is 153 Å². The third-order valence-corrected chi connectivity index (χ3v) is 4.96. The van der Waals surface area contributed by atoms with Crippen LogP contribution in [0.25, 0.3) is 21.8 Å². The molecule has 0 bridgehead atoms. The summed E-state index contributed by atoms with van der Waals surface area (Å²) in [5.74, 6) is 0.847. The fourth-order valence-corrected chi connectivity index (χ4v) is 3.47. The molecule has 2 heterocycles. The summed E-state index contributed by atoms with van der Waals surface area (Å²) in [7, 11) is 1.67. The lowest BCUT2D eigenvalue weighted by Gasteiger charge is -2.14. The van der Waals surface area contributed by atoms with Gasteiger partial charge in [0.25, 0.3) is 0 Å². The van der Waals surface area contributed by atoms with Gasteiger partial charge in [-0.15, -0.1) is 0 Å². The summed E-state index contributed by atoms with van der Waals surface area (Å²) >= 11 is 0. The van der Waals surface area contributed by atoms with Gasteiger partial charge < -0.3 is 10.5 Å². The number of hydrogen-bond donors (Lipinski definition) is 1. The van der Waals surface area contributed by atoms with E-state index in [1.54, 1.807) is 19.5 Å². The third kappa shape index (κ3) is 3.75. The first-order chi connectivity index (χ1) is 12.6. The number of aromatic nitrogens is 4. The average Bonchev–Trinajstić information content (AvgIpc) is 3.33. The van der Waals surface area contributed by atoms with Crippen molar-refractivity contribution in [2.75, 3.05) is 12.8 Å². The van der Waals surface area contributed by atoms with Crippen LogP contribution < -0.4 is 5.73 Å². The van der Waals surface area contributed by atoms with Crippen LogP contribution in [0.3, 0.4) is 0 Å². The molecule has 0 aromatic carbocycles. The van der Waals surface area contributed by atoms with E-state index in [4.69, 9.17) is 17.0 Å². The Hall–Kier alpha value is -2.72. The van der Waals surface area contributed by atoms with E-state index in [9.17, 15) is 0 Å². The van der Waals surface area contributed by atoms with E-state index in [1.807, 2.05) is 17.8 Å². The second-order valence-electron chi connectivity index (χ2n) is 6.67. The Balaban J connectivity index is 1.96. The molecular weight excluding hydrogens is 328 g/mol. The molecular formula is C19H24N6O. The minimum Gasteiger partial charge on any atom is -0.383 e. The number of methoxy groups -OCH3 is 1. The molecule has 0 amide bonds. The molecule has 1 saturated carbocycles. The van der Waals surface area contributed by atoms with Gasteiger partial charge in [0.1, 0.15) is 12.1 Å². The Morgan fingerprint density at radius 3 is 2.92 bits per heavy atom. The smallest absolute Gasteiger partial charge is 0.175 e. The van der Waals surface area contributed by atoms with E-state index in [1.165, 1.54) is 19.2 Å². The number of ether oxygens (including phenoxy) is 1. The van der Waals surface area contributed by atoms with Gasteiger partial charge in [-0.3, -0.25) is 4.68 Å². The SMILES string of the molecule is [C-]#[N+]/C=C(/C1CCCC1)n1cc(-c2ncnc(N)c2CC(C)OC)cn1. The van der Waals surface area contributed by atoms with E-state index >= 15 is 0 Å². The number of nitrogens with two attached hydrogens (primary N) is 1. The van der Waals surface area contributed by atoms with Crippen molar-refractivity contribution >= 4 is 11.5 Å². The average molecular weight is 352 g/mol. The summed E-state index contributed by atoms with van der Waals surface area (Å²) in [4.78, 5) is 12.0. The van der Waals surface area contributed by atoms with Crippen LogP contribution in [0, 0.1) is 12.5 Å². The zero-order valence-electron chi connectivity index (χ0n) is 15.2. The fourth-order valence-electron chi connectivity index (χ4n) is 3.47.